The lowest BCUT2D eigenvalue weighted by Crippen LogP contribution is -2.38. The van der Waals surface area contributed by atoms with Gasteiger partial charge in [0.2, 0.25) is 5.91 Å². The molecule has 17 heavy (non-hydrogen) atoms. The Morgan fingerprint density at radius 2 is 2.06 bits per heavy atom. The summed E-state index contributed by atoms with van der Waals surface area (Å²) in [7, 11) is 0. The van der Waals surface area contributed by atoms with Gasteiger partial charge >= 0.3 is 0 Å². The Hall–Kier alpha value is -1.01. The third kappa shape index (κ3) is 8.76. The van der Waals surface area contributed by atoms with Gasteiger partial charge in [-0.05, 0) is 18.3 Å². The number of nitrogens with two attached hydrogens (primary N) is 1. The third-order valence-electron chi connectivity index (χ3n) is 2.44. The van der Waals surface area contributed by atoms with Crippen molar-refractivity contribution in [1.29, 1.82) is 0 Å². The zero-order chi connectivity index (χ0) is 13.5. The molecule has 0 rings (SSSR count). The molecule has 0 aliphatic heterocycles. The molecule has 0 heterocycles. The molecule has 0 fully saturated rings. The van der Waals surface area contributed by atoms with Crippen LogP contribution in [-0.4, -0.2) is 18.0 Å². The van der Waals surface area contributed by atoms with Gasteiger partial charge in [-0.2, -0.15) is 0 Å². The second kappa shape index (κ2) is 7.34. The van der Waals surface area contributed by atoms with Crippen LogP contribution in [0.3, 0.4) is 0 Å². The van der Waals surface area contributed by atoms with Gasteiger partial charge in [-0.25, -0.2) is 0 Å². The minimum atomic E-state index is -0.158. The van der Waals surface area contributed by atoms with Crippen molar-refractivity contribution < 1.29 is 4.79 Å². The highest BCUT2D eigenvalue weighted by atomic mass is 16.1. The van der Waals surface area contributed by atoms with E-state index in [0.29, 0.717) is 6.42 Å². The summed E-state index contributed by atoms with van der Waals surface area (Å²) in [6.45, 7) is 8.39. The van der Waals surface area contributed by atoms with E-state index >= 15 is 0 Å². The number of carbonyl (C=O) groups excluding carboxylic acids is 1. The van der Waals surface area contributed by atoms with E-state index in [4.69, 9.17) is 12.2 Å². The normalized spacial score (nSPS) is 14.8. The standard InChI is InChI=1S/C14H26N2O/c1-6-8-12(7-2)16-13(17)9-11(15)10-14(3,4)5/h2,11-12H,6,8-10,15H2,1,3-5H3,(H,16,17). The van der Waals surface area contributed by atoms with Gasteiger partial charge in [0.15, 0.2) is 0 Å². The lowest BCUT2D eigenvalue weighted by Gasteiger charge is -2.23. The van der Waals surface area contributed by atoms with Crippen LogP contribution in [0.1, 0.15) is 53.4 Å². The van der Waals surface area contributed by atoms with E-state index in [1.54, 1.807) is 0 Å². The Kier molecular flexibility index (Phi) is 6.91. The molecule has 98 valence electrons. The van der Waals surface area contributed by atoms with Crippen LogP contribution in [0, 0.1) is 17.8 Å². The van der Waals surface area contributed by atoms with Crippen molar-refractivity contribution in [2.75, 3.05) is 0 Å². The van der Waals surface area contributed by atoms with E-state index in [-0.39, 0.29) is 23.4 Å². The van der Waals surface area contributed by atoms with E-state index in [9.17, 15) is 4.79 Å². The number of amides is 1. The smallest absolute Gasteiger partial charge is 0.222 e. The Labute approximate surface area is 106 Å². The van der Waals surface area contributed by atoms with Crippen molar-refractivity contribution in [1.82, 2.24) is 5.32 Å². The van der Waals surface area contributed by atoms with E-state index in [0.717, 1.165) is 19.3 Å². The molecule has 1 amide bonds. The fraction of sp³-hybridized carbons (Fsp3) is 0.786. The zero-order valence-electron chi connectivity index (χ0n) is 11.5. The molecule has 0 aliphatic rings. The van der Waals surface area contributed by atoms with E-state index in [1.807, 2.05) is 6.92 Å². The van der Waals surface area contributed by atoms with Crippen LogP contribution in [0.5, 0.6) is 0 Å². The Balaban J connectivity index is 4.05. The quantitative estimate of drug-likeness (QED) is 0.696. The molecule has 0 spiro atoms. The van der Waals surface area contributed by atoms with Gasteiger partial charge in [0.1, 0.15) is 0 Å². The molecule has 2 unspecified atom stereocenters. The lowest BCUT2D eigenvalue weighted by molar-refractivity contribution is -0.121. The van der Waals surface area contributed by atoms with Crippen molar-refractivity contribution in [3.63, 3.8) is 0 Å². The summed E-state index contributed by atoms with van der Waals surface area (Å²) in [4.78, 5) is 11.7. The molecule has 0 aromatic carbocycles. The summed E-state index contributed by atoms with van der Waals surface area (Å²) in [6, 6.07) is -0.260. The summed E-state index contributed by atoms with van der Waals surface area (Å²) in [6.07, 6.45) is 8.30. The molecular formula is C14H26N2O. The largest absolute Gasteiger partial charge is 0.342 e. The molecule has 2 atom stereocenters. The van der Waals surface area contributed by atoms with E-state index < -0.39 is 0 Å². The van der Waals surface area contributed by atoms with Gasteiger partial charge in [-0.15, -0.1) is 6.42 Å². The Morgan fingerprint density at radius 3 is 2.47 bits per heavy atom. The fourth-order valence-corrected chi connectivity index (χ4v) is 1.84. The van der Waals surface area contributed by atoms with Gasteiger partial charge in [0, 0.05) is 12.5 Å². The maximum Gasteiger partial charge on any atom is 0.222 e. The van der Waals surface area contributed by atoms with Crippen molar-refractivity contribution in [2.45, 2.75) is 65.5 Å². The average molecular weight is 238 g/mol. The van der Waals surface area contributed by atoms with Crippen LogP contribution in [-0.2, 0) is 4.79 Å². The SMILES string of the molecule is C#CC(CCC)NC(=O)CC(N)CC(C)(C)C. The lowest BCUT2D eigenvalue weighted by atomic mass is 9.87. The van der Waals surface area contributed by atoms with Crippen molar-refractivity contribution in [3.05, 3.63) is 0 Å². The molecule has 3 heteroatoms. The minimum absolute atomic E-state index is 0.0434. The number of nitrogens with one attached hydrogen (secondary N) is 1. The van der Waals surface area contributed by atoms with Crippen LogP contribution in [0.25, 0.3) is 0 Å². The first-order valence-corrected chi connectivity index (χ1v) is 6.29. The summed E-state index contributed by atoms with van der Waals surface area (Å²) in [5.74, 6) is 2.54. The highest BCUT2D eigenvalue weighted by Crippen LogP contribution is 2.20. The number of carbonyl (C=O) groups is 1. The monoisotopic (exact) mass is 238 g/mol. The first kappa shape index (κ1) is 16.0. The van der Waals surface area contributed by atoms with Crippen molar-refractivity contribution in [2.24, 2.45) is 11.1 Å². The van der Waals surface area contributed by atoms with Crippen LogP contribution >= 0.6 is 0 Å². The highest BCUT2D eigenvalue weighted by Gasteiger charge is 2.19. The number of terminal acetylenes is 1. The Morgan fingerprint density at radius 1 is 1.47 bits per heavy atom. The molecule has 0 radical (unpaired) electrons. The zero-order valence-corrected chi connectivity index (χ0v) is 11.5. The first-order chi connectivity index (χ1) is 7.78. The second-order valence-electron chi connectivity index (χ2n) is 5.80. The molecule has 3 N–H and O–H groups in total. The predicted molar refractivity (Wildman–Crippen MR) is 72.3 cm³/mol. The first-order valence-electron chi connectivity index (χ1n) is 6.29. The average Bonchev–Trinajstić information content (AvgIpc) is 2.13. The molecule has 0 aliphatic carbocycles. The molecule has 0 bridgehead atoms. The van der Waals surface area contributed by atoms with Crippen molar-refractivity contribution in [3.8, 4) is 12.3 Å². The predicted octanol–water partition coefficient (Wildman–Crippen LogP) is 2.06. The molecule has 0 saturated heterocycles. The number of rotatable bonds is 6. The van der Waals surface area contributed by atoms with Crippen LogP contribution in [0.2, 0.25) is 0 Å². The van der Waals surface area contributed by atoms with Crippen molar-refractivity contribution >= 4 is 5.91 Å². The maximum atomic E-state index is 11.7. The highest BCUT2D eigenvalue weighted by molar-refractivity contribution is 5.77. The number of hydrogen-bond donors (Lipinski definition) is 2. The molecule has 0 saturated carbocycles. The summed E-state index contributed by atoms with van der Waals surface area (Å²) < 4.78 is 0. The minimum Gasteiger partial charge on any atom is -0.342 e. The summed E-state index contributed by atoms with van der Waals surface area (Å²) >= 11 is 0. The van der Waals surface area contributed by atoms with Gasteiger partial charge in [0.05, 0.1) is 6.04 Å². The molecule has 3 nitrogen and oxygen atoms in total. The second-order valence-corrected chi connectivity index (χ2v) is 5.80. The van der Waals surface area contributed by atoms with Crippen LogP contribution in [0.4, 0.5) is 0 Å². The van der Waals surface area contributed by atoms with Gasteiger partial charge < -0.3 is 11.1 Å². The van der Waals surface area contributed by atoms with Gasteiger partial charge in [-0.1, -0.05) is 40.0 Å². The summed E-state index contributed by atoms with van der Waals surface area (Å²) in [5.41, 5.74) is 6.09. The molecular weight excluding hydrogens is 212 g/mol. The maximum absolute atomic E-state index is 11.7. The van der Waals surface area contributed by atoms with Gasteiger partial charge in [0.25, 0.3) is 0 Å². The summed E-state index contributed by atoms with van der Waals surface area (Å²) in [5, 5.41) is 2.83. The number of hydrogen-bond acceptors (Lipinski definition) is 2. The molecule has 0 aromatic rings. The van der Waals surface area contributed by atoms with E-state index in [1.165, 1.54) is 0 Å². The Bertz CT molecular complexity index is 273. The third-order valence-corrected chi connectivity index (χ3v) is 2.44. The van der Waals surface area contributed by atoms with Crippen LogP contribution in [0.15, 0.2) is 0 Å². The van der Waals surface area contributed by atoms with Crippen LogP contribution < -0.4 is 11.1 Å². The van der Waals surface area contributed by atoms with E-state index in [2.05, 4.69) is 32.0 Å². The molecule has 0 aromatic heterocycles. The topological polar surface area (TPSA) is 55.1 Å². The van der Waals surface area contributed by atoms with Gasteiger partial charge in [-0.3, -0.25) is 4.79 Å². The fourth-order valence-electron chi connectivity index (χ4n) is 1.84.